The zero-order valence-electron chi connectivity index (χ0n) is 14.8. The summed E-state index contributed by atoms with van der Waals surface area (Å²) in [5, 5.41) is 4.63. The molecule has 0 aliphatic carbocycles. The lowest BCUT2D eigenvalue weighted by Crippen LogP contribution is -2.20. The van der Waals surface area contributed by atoms with E-state index >= 15 is 0 Å². The Kier molecular flexibility index (Phi) is 5.03. The Balaban J connectivity index is 1.89. The first-order valence-electron chi connectivity index (χ1n) is 8.72. The topological polar surface area (TPSA) is 52.0 Å². The number of hydrogen-bond donors (Lipinski definition) is 0. The molecule has 140 valence electrons. The summed E-state index contributed by atoms with van der Waals surface area (Å²) in [7, 11) is -3.86. The second-order valence-electron chi connectivity index (χ2n) is 6.31. The summed E-state index contributed by atoms with van der Waals surface area (Å²) in [5.41, 5.74) is 2.55. The molecule has 0 fully saturated rings. The minimum Gasteiger partial charge on any atom is -0.199 e. The van der Waals surface area contributed by atoms with Gasteiger partial charge >= 0.3 is 0 Å². The van der Waals surface area contributed by atoms with Crippen molar-refractivity contribution in [3.8, 4) is 0 Å². The highest BCUT2D eigenvalue weighted by Crippen LogP contribution is 2.33. The van der Waals surface area contributed by atoms with Crippen LogP contribution in [0.15, 0.2) is 102 Å². The molecule has 1 aromatic heterocycles. The van der Waals surface area contributed by atoms with Crippen molar-refractivity contribution in [1.82, 2.24) is 9.19 Å². The van der Waals surface area contributed by atoms with Crippen LogP contribution in [0.25, 0.3) is 0 Å². The average Bonchev–Trinajstić information content (AvgIpc) is 3.20. The van der Waals surface area contributed by atoms with Crippen molar-refractivity contribution in [3.63, 3.8) is 0 Å². The highest BCUT2D eigenvalue weighted by atomic mass is 35.5. The van der Waals surface area contributed by atoms with Crippen molar-refractivity contribution in [3.05, 3.63) is 119 Å². The van der Waals surface area contributed by atoms with Gasteiger partial charge in [0.2, 0.25) is 0 Å². The monoisotopic (exact) mass is 408 g/mol. The molecular formula is C22H17ClN2O2S. The summed E-state index contributed by atoms with van der Waals surface area (Å²) in [4.78, 5) is 0.140. The maximum Gasteiger partial charge on any atom is 0.283 e. The van der Waals surface area contributed by atoms with Gasteiger partial charge in [-0.05, 0) is 41.5 Å². The van der Waals surface area contributed by atoms with E-state index < -0.39 is 10.0 Å². The Morgan fingerprint density at radius 1 is 0.750 bits per heavy atom. The first-order valence-corrected chi connectivity index (χ1v) is 10.5. The summed E-state index contributed by atoms with van der Waals surface area (Å²) >= 11 is 5.91. The number of hydrogen-bond acceptors (Lipinski definition) is 3. The van der Waals surface area contributed by atoms with Crippen molar-refractivity contribution in [2.45, 2.75) is 10.8 Å². The standard InChI is InChI=1S/C22H17ClN2O2S/c23-19-11-13-20(14-12-19)28(26,27)25-21(15-16-24-25)22(17-7-3-1-4-8-17)18-9-5-2-6-10-18/h1-16,22H. The third kappa shape index (κ3) is 3.46. The van der Waals surface area contributed by atoms with E-state index in [-0.39, 0.29) is 10.8 Å². The number of nitrogens with zero attached hydrogens (tertiary/aromatic N) is 2. The molecule has 0 atom stereocenters. The Hall–Kier alpha value is -2.89. The number of halogens is 1. The number of rotatable bonds is 5. The molecule has 0 spiro atoms. The van der Waals surface area contributed by atoms with Crippen molar-refractivity contribution in [1.29, 1.82) is 0 Å². The second kappa shape index (κ2) is 7.62. The first-order chi connectivity index (χ1) is 13.6. The lowest BCUT2D eigenvalue weighted by atomic mass is 9.89. The van der Waals surface area contributed by atoms with Crippen molar-refractivity contribution in [2.24, 2.45) is 0 Å². The number of benzene rings is 3. The predicted octanol–water partition coefficient (Wildman–Crippen LogP) is 4.95. The van der Waals surface area contributed by atoms with Gasteiger partial charge in [-0.25, -0.2) is 0 Å². The summed E-state index contributed by atoms with van der Waals surface area (Å²) in [6.07, 6.45) is 1.52. The summed E-state index contributed by atoms with van der Waals surface area (Å²) in [6, 6.07) is 27.5. The molecule has 1 heterocycles. The molecule has 3 aromatic carbocycles. The first kappa shape index (κ1) is 18.5. The molecule has 28 heavy (non-hydrogen) atoms. The van der Waals surface area contributed by atoms with E-state index in [0.717, 1.165) is 15.2 Å². The molecule has 0 N–H and O–H groups in total. The zero-order valence-corrected chi connectivity index (χ0v) is 16.4. The second-order valence-corrected chi connectivity index (χ2v) is 8.52. The highest BCUT2D eigenvalue weighted by molar-refractivity contribution is 7.89. The molecule has 4 rings (SSSR count). The molecule has 0 saturated heterocycles. The fraction of sp³-hybridized carbons (Fsp3) is 0.0455. The third-order valence-electron chi connectivity index (χ3n) is 4.54. The minimum absolute atomic E-state index is 0.140. The van der Waals surface area contributed by atoms with Crippen LogP contribution >= 0.6 is 11.6 Å². The van der Waals surface area contributed by atoms with Gasteiger partial charge in [0.1, 0.15) is 0 Å². The molecule has 6 heteroatoms. The van der Waals surface area contributed by atoms with Crippen molar-refractivity contribution < 1.29 is 8.42 Å². The molecule has 0 bridgehead atoms. The lowest BCUT2D eigenvalue weighted by Gasteiger charge is -2.20. The average molecular weight is 409 g/mol. The Bertz CT molecular complexity index is 1130. The van der Waals surface area contributed by atoms with Crippen LogP contribution in [0.2, 0.25) is 5.02 Å². The van der Waals surface area contributed by atoms with E-state index in [9.17, 15) is 8.42 Å². The quantitative estimate of drug-likeness (QED) is 0.469. The van der Waals surface area contributed by atoms with Gasteiger partial charge in [0.25, 0.3) is 10.0 Å². The molecule has 4 nitrogen and oxygen atoms in total. The molecule has 0 amide bonds. The summed E-state index contributed by atoms with van der Waals surface area (Å²) in [6.45, 7) is 0. The van der Waals surface area contributed by atoms with Gasteiger partial charge in [0.15, 0.2) is 0 Å². The van der Waals surface area contributed by atoms with Crippen LogP contribution in [0, 0.1) is 0 Å². The van der Waals surface area contributed by atoms with Crippen LogP contribution in [0.3, 0.4) is 0 Å². The van der Waals surface area contributed by atoms with Crippen molar-refractivity contribution in [2.75, 3.05) is 0 Å². The fourth-order valence-electron chi connectivity index (χ4n) is 3.24. The normalized spacial score (nSPS) is 11.6. The number of aromatic nitrogens is 2. The molecular weight excluding hydrogens is 392 g/mol. The van der Waals surface area contributed by atoms with E-state index in [2.05, 4.69) is 5.10 Å². The molecule has 4 aromatic rings. The van der Waals surface area contributed by atoms with Crippen LogP contribution in [-0.2, 0) is 10.0 Å². The Morgan fingerprint density at radius 2 is 1.29 bits per heavy atom. The highest BCUT2D eigenvalue weighted by Gasteiger charge is 2.27. The van der Waals surface area contributed by atoms with E-state index in [4.69, 9.17) is 11.6 Å². The van der Waals surface area contributed by atoms with E-state index in [1.165, 1.54) is 18.3 Å². The zero-order chi connectivity index (χ0) is 19.6. The van der Waals surface area contributed by atoms with Crippen LogP contribution < -0.4 is 0 Å². The molecule has 0 unspecified atom stereocenters. The van der Waals surface area contributed by atoms with Gasteiger partial charge in [0.05, 0.1) is 22.7 Å². The SMILES string of the molecule is O=S(=O)(c1ccc(Cl)cc1)n1nccc1C(c1ccccc1)c1ccccc1. The van der Waals surface area contributed by atoms with Gasteiger partial charge < -0.3 is 0 Å². The molecule has 0 radical (unpaired) electrons. The Labute approximate surface area is 169 Å². The van der Waals surface area contributed by atoms with Gasteiger partial charge in [-0.15, -0.1) is 0 Å². The fourth-order valence-corrected chi connectivity index (χ4v) is 4.67. The van der Waals surface area contributed by atoms with E-state index in [1.807, 2.05) is 60.7 Å². The van der Waals surface area contributed by atoms with Crippen LogP contribution in [0.5, 0.6) is 0 Å². The Morgan fingerprint density at radius 3 is 1.82 bits per heavy atom. The maximum absolute atomic E-state index is 13.3. The van der Waals surface area contributed by atoms with Gasteiger partial charge in [-0.2, -0.15) is 17.6 Å². The predicted molar refractivity (Wildman–Crippen MR) is 110 cm³/mol. The van der Waals surface area contributed by atoms with Crippen LogP contribution in [0.4, 0.5) is 0 Å². The molecule has 0 saturated carbocycles. The largest absolute Gasteiger partial charge is 0.283 e. The van der Waals surface area contributed by atoms with E-state index in [1.54, 1.807) is 18.2 Å². The van der Waals surface area contributed by atoms with Crippen LogP contribution in [0.1, 0.15) is 22.7 Å². The third-order valence-corrected chi connectivity index (χ3v) is 6.42. The molecule has 0 aliphatic rings. The van der Waals surface area contributed by atoms with Gasteiger partial charge in [0, 0.05) is 5.02 Å². The lowest BCUT2D eigenvalue weighted by molar-refractivity contribution is 0.576. The van der Waals surface area contributed by atoms with Gasteiger partial charge in [-0.3, -0.25) is 0 Å². The van der Waals surface area contributed by atoms with E-state index in [0.29, 0.717) is 10.7 Å². The van der Waals surface area contributed by atoms with Crippen molar-refractivity contribution >= 4 is 21.6 Å². The maximum atomic E-state index is 13.3. The summed E-state index contributed by atoms with van der Waals surface area (Å²) in [5.74, 6) is -0.271. The minimum atomic E-state index is -3.86. The van der Waals surface area contributed by atoms with Gasteiger partial charge in [-0.1, -0.05) is 72.3 Å². The molecule has 0 aliphatic heterocycles. The smallest absolute Gasteiger partial charge is 0.199 e. The van der Waals surface area contributed by atoms with Crippen LogP contribution in [-0.4, -0.2) is 17.6 Å². The summed E-state index contributed by atoms with van der Waals surface area (Å²) < 4.78 is 27.6.